The highest BCUT2D eigenvalue weighted by Crippen LogP contribution is 2.36. The molecule has 3 heterocycles. The first-order chi connectivity index (χ1) is 16.8. The van der Waals surface area contributed by atoms with E-state index in [0.29, 0.717) is 22.8 Å². The van der Waals surface area contributed by atoms with Crippen molar-refractivity contribution in [3.63, 3.8) is 0 Å². The second-order valence-corrected chi connectivity index (χ2v) is 9.06. The van der Waals surface area contributed by atoms with Gasteiger partial charge in [0.15, 0.2) is 5.76 Å². The quantitative estimate of drug-likeness (QED) is 0.459. The molecule has 0 fully saturated rings. The third kappa shape index (κ3) is 4.01. The normalized spacial score (nSPS) is 17.4. The lowest BCUT2D eigenvalue weighted by Crippen LogP contribution is -2.64. The minimum Gasteiger partial charge on any atom is -0.463 e. The zero-order valence-corrected chi connectivity index (χ0v) is 19.7. The van der Waals surface area contributed by atoms with Crippen molar-refractivity contribution in [3.05, 3.63) is 95.1 Å². The van der Waals surface area contributed by atoms with E-state index in [2.05, 4.69) is 10.4 Å². The van der Waals surface area contributed by atoms with Gasteiger partial charge >= 0.3 is 0 Å². The van der Waals surface area contributed by atoms with Crippen molar-refractivity contribution < 1.29 is 18.4 Å². The number of nitrogens with one attached hydrogen (secondary N) is 1. The molecular formula is C27H25FN4O3. The SMILES string of the molecule is Cc1ccc(N2C(=O)c3cc(-c4ccco4)nn3C[C@@]2(C)C(=O)NCc2ccc(F)cc2)c(C)c1. The molecule has 0 bridgehead atoms. The Morgan fingerprint density at radius 2 is 1.91 bits per heavy atom. The molecule has 0 aliphatic carbocycles. The van der Waals surface area contributed by atoms with E-state index in [-0.39, 0.29) is 30.7 Å². The van der Waals surface area contributed by atoms with Gasteiger partial charge in [-0.15, -0.1) is 0 Å². The van der Waals surface area contributed by atoms with Crippen molar-refractivity contribution in [1.29, 1.82) is 0 Å². The molecule has 4 aromatic rings. The van der Waals surface area contributed by atoms with Crippen LogP contribution in [0.1, 0.15) is 34.1 Å². The predicted molar refractivity (Wildman–Crippen MR) is 129 cm³/mol. The van der Waals surface area contributed by atoms with Crippen LogP contribution in [-0.2, 0) is 17.9 Å². The van der Waals surface area contributed by atoms with E-state index in [1.807, 2.05) is 32.0 Å². The summed E-state index contributed by atoms with van der Waals surface area (Å²) in [7, 11) is 0. The van der Waals surface area contributed by atoms with Gasteiger partial charge in [-0.05, 0) is 62.2 Å². The Balaban J connectivity index is 1.55. The number of benzene rings is 2. The number of anilines is 1. The van der Waals surface area contributed by atoms with E-state index in [1.165, 1.54) is 12.1 Å². The molecule has 178 valence electrons. The van der Waals surface area contributed by atoms with Gasteiger partial charge in [0, 0.05) is 18.3 Å². The lowest BCUT2D eigenvalue weighted by atomic mass is 9.92. The van der Waals surface area contributed by atoms with E-state index in [1.54, 1.807) is 53.1 Å². The van der Waals surface area contributed by atoms with Gasteiger partial charge in [-0.1, -0.05) is 29.8 Å². The molecule has 0 spiro atoms. The van der Waals surface area contributed by atoms with Crippen LogP contribution >= 0.6 is 0 Å². The number of aryl methyl sites for hydroxylation is 2. The molecule has 1 aliphatic heterocycles. The number of nitrogens with zero attached hydrogens (tertiary/aromatic N) is 3. The Morgan fingerprint density at radius 3 is 2.60 bits per heavy atom. The Kier molecular flexibility index (Phi) is 5.51. The summed E-state index contributed by atoms with van der Waals surface area (Å²) in [4.78, 5) is 29.1. The first kappa shape index (κ1) is 22.6. The molecule has 5 rings (SSSR count). The van der Waals surface area contributed by atoms with Crippen LogP contribution in [0, 0.1) is 19.7 Å². The zero-order valence-electron chi connectivity index (χ0n) is 19.7. The van der Waals surface area contributed by atoms with Gasteiger partial charge in [0.25, 0.3) is 5.91 Å². The fourth-order valence-corrected chi connectivity index (χ4v) is 4.54. The van der Waals surface area contributed by atoms with Crippen LogP contribution in [0.3, 0.4) is 0 Å². The molecule has 2 aromatic carbocycles. The smallest absolute Gasteiger partial charge is 0.277 e. The third-order valence-electron chi connectivity index (χ3n) is 6.38. The average molecular weight is 473 g/mol. The summed E-state index contributed by atoms with van der Waals surface area (Å²) in [6, 6.07) is 16.9. The molecule has 0 radical (unpaired) electrons. The largest absolute Gasteiger partial charge is 0.463 e. The number of carbonyl (C=O) groups excluding carboxylic acids is 2. The second kappa shape index (κ2) is 8.54. The topological polar surface area (TPSA) is 80.4 Å². The average Bonchev–Trinajstić information content (AvgIpc) is 3.50. The Bertz CT molecular complexity index is 1410. The number of furan rings is 1. The standard InChI is InChI=1S/C27H25FN4O3/c1-17-6-11-22(18(2)13-17)32-25(33)23-14-21(24-5-4-12-35-24)30-31(23)16-27(32,3)26(34)29-15-19-7-9-20(28)10-8-19/h4-14H,15-16H2,1-3H3,(H,29,34)/t27-/m0/s1. The van der Waals surface area contributed by atoms with E-state index in [0.717, 1.165) is 16.7 Å². The summed E-state index contributed by atoms with van der Waals surface area (Å²) >= 11 is 0. The van der Waals surface area contributed by atoms with Crippen LogP contribution in [0.4, 0.5) is 10.1 Å². The van der Waals surface area contributed by atoms with E-state index in [9.17, 15) is 14.0 Å². The number of amides is 2. The van der Waals surface area contributed by atoms with Crippen molar-refractivity contribution in [2.24, 2.45) is 0 Å². The van der Waals surface area contributed by atoms with Crippen LogP contribution in [0.2, 0.25) is 0 Å². The van der Waals surface area contributed by atoms with Crippen molar-refractivity contribution in [2.75, 3.05) is 4.90 Å². The van der Waals surface area contributed by atoms with Crippen LogP contribution in [0.25, 0.3) is 11.5 Å². The highest BCUT2D eigenvalue weighted by molar-refractivity contribution is 6.12. The Labute approximate surface area is 202 Å². The van der Waals surface area contributed by atoms with Gasteiger partial charge in [-0.25, -0.2) is 4.39 Å². The molecule has 0 saturated heterocycles. The third-order valence-corrected chi connectivity index (χ3v) is 6.38. The molecule has 0 saturated carbocycles. The number of hydrogen-bond donors (Lipinski definition) is 1. The maximum absolute atomic E-state index is 13.9. The highest BCUT2D eigenvalue weighted by atomic mass is 19.1. The first-order valence-corrected chi connectivity index (χ1v) is 11.3. The number of aromatic nitrogens is 2. The molecular weight excluding hydrogens is 447 g/mol. The van der Waals surface area contributed by atoms with Gasteiger partial charge in [-0.2, -0.15) is 5.10 Å². The van der Waals surface area contributed by atoms with E-state index in [4.69, 9.17) is 4.42 Å². The number of rotatable bonds is 5. The predicted octanol–water partition coefficient (Wildman–Crippen LogP) is 4.63. The van der Waals surface area contributed by atoms with Gasteiger partial charge in [0.1, 0.15) is 22.7 Å². The fraction of sp³-hybridized carbons (Fsp3) is 0.222. The lowest BCUT2D eigenvalue weighted by Gasteiger charge is -2.43. The number of halogens is 1. The maximum Gasteiger partial charge on any atom is 0.277 e. The Morgan fingerprint density at radius 1 is 1.14 bits per heavy atom. The molecule has 2 aromatic heterocycles. The summed E-state index contributed by atoms with van der Waals surface area (Å²) in [5, 5.41) is 7.50. The first-order valence-electron chi connectivity index (χ1n) is 11.3. The molecule has 1 atom stereocenters. The summed E-state index contributed by atoms with van der Waals surface area (Å²) in [6.07, 6.45) is 1.55. The van der Waals surface area contributed by atoms with E-state index < -0.39 is 5.54 Å². The molecule has 8 heteroatoms. The summed E-state index contributed by atoms with van der Waals surface area (Å²) < 4.78 is 20.3. The molecule has 1 aliphatic rings. The second-order valence-electron chi connectivity index (χ2n) is 9.06. The highest BCUT2D eigenvalue weighted by Gasteiger charge is 2.49. The van der Waals surface area contributed by atoms with Crippen LogP contribution in [-0.4, -0.2) is 27.1 Å². The van der Waals surface area contributed by atoms with Crippen molar-refractivity contribution in [3.8, 4) is 11.5 Å². The van der Waals surface area contributed by atoms with Crippen molar-refractivity contribution in [2.45, 2.75) is 39.4 Å². The van der Waals surface area contributed by atoms with Crippen LogP contribution in [0.5, 0.6) is 0 Å². The zero-order chi connectivity index (χ0) is 24.7. The van der Waals surface area contributed by atoms with Gasteiger partial charge in [-0.3, -0.25) is 19.2 Å². The number of hydrogen-bond acceptors (Lipinski definition) is 4. The van der Waals surface area contributed by atoms with Crippen molar-refractivity contribution >= 4 is 17.5 Å². The molecule has 2 amide bonds. The summed E-state index contributed by atoms with van der Waals surface area (Å²) in [5.41, 5.74) is 2.99. The molecule has 35 heavy (non-hydrogen) atoms. The molecule has 7 nitrogen and oxygen atoms in total. The van der Waals surface area contributed by atoms with Gasteiger partial charge in [0.2, 0.25) is 5.91 Å². The van der Waals surface area contributed by atoms with Crippen LogP contribution in [0.15, 0.2) is 71.3 Å². The minimum atomic E-state index is -1.27. The van der Waals surface area contributed by atoms with Crippen LogP contribution < -0.4 is 10.2 Å². The maximum atomic E-state index is 13.9. The summed E-state index contributed by atoms with van der Waals surface area (Å²) in [5.74, 6) is -0.464. The molecule has 0 unspecified atom stereocenters. The summed E-state index contributed by atoms with van der Waals surface area (Å²) in [6.45, 7) is 5.99. The monoisotopic (exact) mass is 472 g/mol. The fourth-order valence-electron chi connectivity index (χ4n) is 4.54. The van der Waals surface area contributed by atoms with Gasteiger partial charge in [0.05, 0.1) is 12.8 Å². The number of carbonyl (C=O) groups is 2. The minimum absolute atomic E-state index is 0.150. The number of fused-ring (bicyclic) bond motifs is 1. The van der Waals surface area contributed by atoms with Crippen molar-refractivity contribution in [1.82, 2.24) is 15.1 Å². The molecule has 1 N–H and O–H groups in total. The van der Waals surface area contributed by atoms with Gasteiger partial charge < -0.3 is 9.73 Å². The Hall–Kier alpha value is -4.20. The lowest BCUT2D eigenvalue weighted by molar-refractivity contribution is -0.126. The van der Waals surface area contributed by atoms with E-state index >= 15 is 0 Å².